The molecule has 1 N–H and O–H groups in total. The Labute approximate surface area is 143 Å². The minimum absolute atomic E-state index is 0.124. The SMILES string of the molecule is COc1ccc(C#N)cc1CN1CCCC1C1COCCC1(C)O. The van der Waals surface area contributed by atoms with Crippen LogP contribution in [0.25, 0.3) is 0 Å². The molecule has 1 aromatic rings. The molecule has 2 heterocycles. The summed E-state index contributed by atoms with van der Waals surface area (Å²) in [5, 5.41) is 19.9. The van der Waals surface area contributed by atoms with Gasteiger partial charge in [0.1, 0.15) is 5.75 Å². The van der Waals surface area contributed by atoms with Crippen LogP contribution in [0.1, 0.15) is 37.3 Å². The summed E-state index contributed by atoms with van der Waals surface area (Å²) < 4.78 is 11.1. The van der Waals surface area contributed by atoms with E-state index in [9.17, 15) is 5.11 Å². The van der Waals surface area contributed by atoms with Crippen molar-refractivity contribution in [2.45, 2.75) is 44.4 Å². The summed E-state index contributed by atoms with van der Waals surface area (Å²) in [6.07, 6.45) is 2.89. The van der Waals surface area contributed by atoms with Gasteiger partial charge in [0.2, 0.25) is 0 Å². The van der Waals surface area contributed by atoms with Gasteiger partial charge in [0, 0.05) is 30.7 Å². The van der Waals surface area contributed by atoms with Gasteiger partial charge in [-0.3, -0.25) is 4.90 Å². The van der Waals surface area contributed by atoms with Gasteiger partial charge in [-0.05, 0) is 50.9 Å². The number of ether oxygens (including phenoxy) is 2. The summed E-state index contributed by atoms with van der Waals surface area (Å²) in [5.41, 5.74) is 0.999. The Morgan fingerprint density at radius 1 is 1.50 bits per heavy atom. The third-order valence-electron chi connectivity index (χ3n) is 5.51. The highest BCUT2D eigenvalue weighted by Gasteiger charge is 2.44. The first-order valence-electron chi connectivity index (χ1n) is 8.66. The molecule has 3 rings (SSSR count). The van der Waals surface area contributed by atoms with E-state index in [1.54, 1.807) is 13.2 Å². The number of hydrogen-bond acceptors (Lipinski definition) is 5. The predicted molar refractivity (Wildman–Crippen MR) is 90.7 cm³/mol. The van der Waals surface area contributed by atoms with Gasteiger partial charge in [-0.1, -0.05) is 0 Å². The molecule has 0 aliphatic carbocycles. The Kier molecular flexibility index (Phi) is 5.09. The molecule has 24 heavy (non-hydrogen) atoms. The van der Waals surface area contributed by atoms with E-state index in [1.165, 1.54) is 0 Å². The smallest absolute Gasteiger partial charge is 0.123 e. The summed E-state index contributed by atoms with van der Waals surface area (Å²) in [6, 6.07) is 8.05. The third-order valence-corrected chi connectivity index (χ3v) is 5.51. The minimum atomic E-state index is -0.676. The molecule has 2 aliphatic heterocycles. The molecule has 0 bridgehead atoms. The lowest BCUT2D eigenvalue weighted by molar-refractivity contribution is -0.123. The summed E-state index contributed by atoms with van der Waals surface area (Å²) >= 11 is 0. The summed E-state index contributed by atoms with van der Waals surface area (Å²) in [6.45, 7) is 4.92. The molecule has 130 valence electrons. The van der Waals surface area contributed by atoms with Crippen molar-refractivity contribution in [3.63, 3.8) is 0 Å². The topological polar surface area (TPSA) is 65.7 Å². The van der Waals surface area contributed by atoms with Crippen LogP contribution >= 0.6 is 0 Å². The van der Waals surface area contributed by atoms with Gasteiger partial charge >= 0.3 is 0 Å². The lowest BCUT2D eigenvalue weighted by atomic mass is 9.79. The van der Waals surface area contributed by atoms with E-state index < -0.39 is 5.60 Å². The summed E-state index contributed by atoms with van der Waals surface area (Å²) in [5.74, 6) is 0.935. The van der Waals surface area contributed by atoms with Crippen molar-refractivity contribution in [1.29, 1.82) is 5.26 Å². The number of rotatable bonds is 4. The first kappa shape index (κ1) is 17.2. The molecule has 5 heteroatoms. The van der Waals surface area contributed by atoms with Crippen LogP contribution in [0, 0.1) is 17.2 Å². The fraction of sp³-hybridized carbons (Fsp3) is 0.632. The summed E-state index contributed by atoms with van der Waals surface area (Å²) in [7, 11) is 1.66. The van der Waals surface area contributed by atoms with Gasteiger partial charge in [0.15, 0.2) is 0 Å². The van der Waals surface area contributed by atoms with Crippen molar-refractivity contribution in [3.05, 3.63) is 29.3 Å². The number of nitriles is 1. The van der Waals surface area contributed by atoms with Crippen molar-refractivity contribution >= 4 is 0 Å². The maximum absolute atomic E-state index is 10.8. The molecule has 2 fully saturated rings. The number of methoxy groups -OCH3 is 1. The summed E-state index contributed by atoms with van der Waals surface area (Å²) in [4.78, 5) is 2.41. The zero-order valence-electron chi connectivity index (χ0n) is 14.5. The van der Waals surface area contributed by atoms with Crippen LogP contribution in [-0.4, -0.2) is 48.5 Å². The van der Waals surface area contributed by atoms with Crippen molar-refractivity contribution in [3.8, 4) is 11.8 Å². The van der Waals surface area contributed by atoms with Crippen LogP contribution in [0.3, 0.4) is 0 Å². The minimum Gasteiger partial charge on any atom is -0.496 e. The van der Waals surface area contributed by atoms with Gasteiger partial charge in [0.25, 0.3) is 0 Å². The van der Waals surface area contributed by atoms with Gasteiger partial charge in [-0.25, -0.2) is 0 Å². The highest BCUT2D eigenvalue weighted by atomic mass is 16.5. The normalized spacial score (nSPS) is 30.9. The monoisotopic (exact) mass is 330 g/mol. The van der Waals surface area contributed by atoms with E-state index in [1.807, 2.05) is 19.1 Å². The number of hydrogen-bond donors (Lipinski definition) is 1. The van der Waals surface area contributed by atoms with E-state index in [0.717, 1.165) is 37.2 Å². The highest BCUT2D eigenvalue weighted by Crippen LogP contribution is 2.37. The van der Waals surface area contributed by atoms with Crippen LogP contribution in [0.5, 0.6) is 5.75 Å². The maximum atomic E-state index is 10.8. The standard InChI is InChI=1S/C19H26N2O3/c1-19(22)7-9-24-13-16(19)17-4-3-8-21(17)12-15-10-14(11-20)5-6-18(15)23-2/h5-6,10,16-17,22H,3-4,7-9,12-13H2,1-2H3. The van der Waals surface area contributed by atoms with Crippen molar-refractivity contribution < 1.29 is 14.6 Å². The van der Waals surface area contributed by atoms with Gasteiger partial charge in [-0.2, -0.15) is 5.26 Å². The molecular weight excluding hydrogens is 304 g/mol. The average Bonchev–Trinajstić information content (AvgIpc) is 3.02. The Hall–Kier alpha value is -1.61. The molecule has 5 nitrogen and oxygen atoms in total. The lowest BCUT2D eigenvalue weighted by Crippen LogP contribution is -2.52. The Bertz CT molecular complexity index is 624. The van der Waals surface area contributed by atoms with Crippen LogP contribution in [-0.2, 0) is 11.3 Å². The number of aliphatic hydroxyl groups is 1. The fourth-order valence-corrected chi connectivity index (χ4v) is 4.07. The molecule has 2 aliphatic rings. The maximum Gasteiger partial charge on any atom is 0.123 e. The molecule has 0 saturated carbocycles. The molecule has 0 amide bonds. The lowest BCUT2D eigenvalue weighted by Gasteiger charge is -2.43. The van der Waals surface area contributed by atoms with Gasteiger partial charge in [-0.15, -0.1) is 0 Å². The largest absolute Gasteiger partial charge is 0.496 e. The first-order valence-corrected chi connectivity index (χ1v) is 8.66. The Morgan fingerprint density at radius 2 is 2.33 bits per heavy atom. The van der Waals surface area contributed by atoms with E-state index >= 15 is 0 Å². The van der Waals surface area contributed by atoms with Crippen molar-refractivity contribution in [2.75, 3.05) is 26.9 Å². The van der Waals surface area contributed by atoms with Crippen molar-refractivity contribution in [1.82, 2.24) is 4.90 Å². The predicted octanol–water partition coefficient (Wildman–Crippen LogP) is 2.32. The average molecular weight is 330 g/mol. The molecule has 2 saturated heterocycles. The second-order valence-electron chi connectivity index (χ2n) is 7.11. The first-order chi connectivity index (χ1) is 11.5. The molecule has 0 aromatic heterocycles. The third kappa shape index (κ3) is 3.41. The quantitative estimate of drug-likeness (QED) is 0.918. The zero-order valence-corrected chi connectivity index (χ0v) is 14.5. The fourth-order valence-electron chi connectivity index (χ4n) is 4.07. The second kappa shape index (κ2) is 7.10. The van der Waals surface area contributed by atoms with Crippen LogP contribution in [0.4, 0.5) is 0 Å². The van der Waals surface area contributed by atoms with Gasteiger partial charge in [0.05, 0.1) is 31.0 Å². The Morgan fingerprint density at radius 3 is 3.04 bits per heavy atom. The van der Waals surface area contributed by atoms with E-state index in [4.69, 9.17) is 14.7 Å². The highest BCUT2D eigenvalue weighted by molar-refractivity contribution is 5.42. The van der Waals surface area contributed by atoms with Crippen LogP contribution < -0.4 is 4.74 Å². The molecule has 1 aromatic carbocycles. The van der Waals surface area contributed by atoms with Crippen molar-refractivity contribution in [2.24, 2.45) is 5.92 Å². The second-order valence-corrected chi connectivity index (χ2v) is 7.11. The van der Waals surface area contributed by atoms with E-state index in [0.29, 0.717) is 31.2 Å². The molecule has 3 unspecified atom stereocenters. The number of likely N-dealkylation sites (tertiary alicyclic amines) is 1. The van der Waals surface area contributed by atoms with Crippen LogP contribution in [0.15, 0.2) is 18.2 Å². The molecule has 0 spiro atoms. The molecule has 0 radical (unpaired) electrons. The molecular formula is C19H26N2O3. The van der Waals surface area contributed by atoms with E-state index in [-0.39, 0.29) is 5.92 Å². The number of nitrogens with zero attached hydrogens (tertiary/aromatic N) is 2. The number of benzene rings is 1. The van der Waals surface area contributed by atoms with E-state index in [2.05, 4.69) is 11.0 Å². The van der Waals surface area contributed by atoms with Gasteiger partial charge < -0.3 is 14.6 Å². The Balaban J connectivity index is 1.80. The zero-order chi connectivity index (χ0) is 17.2. The van der Waals surface area contributed by atoms with Crippen LogP contribution in [0.2, 0.25) is 0 Å². The molecule has 3 atom stereocenters.